The average Bonchev–Trinajstić information content (AvgIpc) is 2.70. The summed E-state index contributed by atoms with van der Waals surface area (Å²) in [4.78, 5) is 0. The summed E-state index contributed by atoms with van der Waals surface area (Å²) in [6.07, 6.45) is 2.94. The van der Waals surface area contributed by atoms with Crippen molar-refractivity contribution < 1.29 is 0 Å². The Morgan fingerprint density at radius 3 is 2.35 bits per heavy atom. The van der Waals surface area contributed by atoms with Gasteiger partial charge in [0.1, 0.15) is 0 Å². The Labute approximate surface area is 111 Å². The van der Waals surface area contributed by atoms with E-state index < -0.39 is 0 Å². The first-order chi connectivity index (χ1) is 8.15. The van der Waals surface area contributed by atoms with E-state index in [1.54, 1.807) is 0 Å². The zero-order valence-corrected chi connectivity index (χ0v) is 12.1. The van der Waals surface area contributed by atoms with Gasteiger partial charge >= 0.3 is 0 Å². The Morgan fingerprint density at radius 1 is 1.18 bits per heavy atom. The first-order valence-electron chi connectivity index (χ1n) is 5.86. The van der Waals surface area contributed by atoms with Crippen LogP contribution in [0.1, 0.15) is 29.3 Å². The van der Waals surface area contributed by atoms with Crippen LogP contribution in [0, 0.1) is 13.8 Å². The fourth-order valence-corrected chi connectivity index (χ4v) is 2.66. The van der Waals surface area contributed by atoms with E-state index in [9.17, 15) is 0 Å². The molecule has 0 saturated heterocycles. The highest BCUT2D eigenvalue weighted by Gasteiger charge is 2.09. The Bertz CT molecular complexity index is 509. The number of aromatic nitrogens is 2. The molecule has 0 spiro atoms. The van der Waals surface area contributed by atoms with Crippen LogP contribution in [0.2, 0.25) is 0 Å². The number of aryl methyl sites for hydroxylation is 2. The van der Waals surface area contributed by atoms with Crippen molar-refractivity contribution in [2.75, 3.05) is 0 Å². The summed E-state index contributed by atoms with van der Waals surface area (Å²) in [6, 6.07) is 6.54. The third-order valence-corrected chi connectivity index (χ3v) is 3.49. The number of hydrogen-bond donors (Lipinski definition) is 0. The second-order valence-corrected chi connectivity index (χ2v) is 4.92. The maximum absolute atomic E-state index is 4.50. The summed E-state index contributed by atoms with van der Waals surface area (Å²) in [6.45, 7) is 6.41. The molecule has 17 heavy (non-hydrogen) atoms. The summed E-state index contributed by atoms with van der Waals surface area (Å²) >= 11 is 3.51. The van der Waals surface area contributed by atoms with Crippen LogP contribution in [-0.2, 0) is 11.8 Å². The van der Waals surface area contributed by atoms with Gasteiger partial charge in [-0.1, -0.05) is 28.9 Å². The molecule has 1 aromatic carbocycles. The van der Waals surface area contributed by atoms with Gasteiger partial charge in [0.25, 0.3) is 0 Å². The van der Waals surface area contributed by atoms with Crippen molar-refractivity contribution in [3.63, 3.8) is 0 Å². The number of halogens is 1. The minimum absolute atomic E-state index is 0.862. The number of benzene rings is 1. The molecule has 2 aromatic rings. The van der Waals surface area contributed by atoms with Gasteiger partial charge in [0, 0.05) is 16.6 Å². The van der Waals surface area contributed by atoms with E-state index in [2.05, 4.69) is 64.7 Å². The van der Waals surface area contributed by atoms with Crippen molar-refractivity contribution in [1.29, 1.82) is 0 Å². The number of alkyl halides is 1. The Morgan fingerprint density at radius 2 is 1.82 bits per heavy atom. The highest BCUT2D eigenvalue weighted by molar-refractivity contribution is 9.08. The Balaban J connectivity index is 2.55. The van der Waals surface area contributed by atoms with Crippen LogP contribution in [0.4, 0.5) is 0 Å². The lowest BCUT2D eigenvalue weighted by Gasteiger charge is -2.09. The number of rotatable bonds is 3. The van der Waals surface area contributed by atoms with E-state index in [0.717, 1.165) is 17.4 Å². The van der Waals surface area contributed by atoms with Gasteiger partial charge in [-0.3, -0.25) is 0 Å². The largest absolute Gasteiger partial charge is 0.238 e. The minimum Gasteiger partial charge on any atom is -0.238 e. The van der Waals surface area contributed by atoms with Gasteiger partial charge in [0.15, 0.2) is 0 Å². The molecule has 0 radical (unpaired) electrons. The lowest BCUT2D eigenvalue weighted by Crippen LogP contribution is -2.03. The van der Waals surface area contributed by atoms with Gasteiger partial charge < -0.3 is 0 Å². The monoisotopic (exact) mass is 292 g/mol. The van der Waals surface area contributed by atoms with Gasteiger partial charge in [-0.05, 0) is 43.5 Å². The van der Waals surface area contributed by atoms with Crippen LogP contribution < -0.4 is 0 Å². The van der Waals surface area contributed by atoms with E-state index in [0.29, 0.717) is 0 Å². The highest BCUT2D eigenvalue weighted by atomic mass is 79.9. The van der Waals surface area contributed by atoms with Crippen molar-refractivity contribution in [2.45, 2.75) is 32.5 Å². The first-order valence-corrected chi connectivity index (χ1v) is 6.98. The van der Waals surface area contributed by atoms with Gasteiger partial charge in [-0.15, -0.1) is 0 Å². The van der Waals surface area contributed by atoms with Crippen LogP contribution in [0.3, 0.4) is 0 Å². The van der Waals surface area contributed by atoms with Crippen molar-refractivity contribution in [1.82, 2.24) is 9.78 Å². The molecule has 0 saturated carbocycles. The molecule has 2 nitrogen and oxygen atoms in total. The van der Waals surface area contributed by atoms with Crippen LogP contribution in [0.15, 0.2) is 24.4 Å². The van der Waals surface area contributed by atoms with E-state index in [-0.39, 0.29) is 0 Å². The molecule has 2 rings (SSSR count). The summed E-state index contributed by atoms with van der Waals surface area (Å²) in [5, 5.41) is 5.36. The van der Waals surface area contributed by atoms with E-state index >= 15 is 0 Å². The molecule has 3 heteroatoms. The summed E-state index contributed by atoms with van der Waals surface area (Å²) < 4.78 is 2.05. The van der Waals surface area contributed by atoms with Gasteiger partial charge in [-0.2, -0.15) is 5.10 Å². The SMILES string of the molecule is CCc1c(CBr)cnn1-c1cc(C)cc(C)c1. The first kappa shape index (κ1) is 12.4. The standard InChI is InChI=1S/C14H17BrN2/c1-4-14-12(8-15)9-16-17(14)13-6-10(2)5-11(3)7-13/h5-7,9H,4,8H2,1-3H3. The average molecular weight is 293 g/mol. The fraction of sp³-hybridized carbons (Fsp3) is 0.357. The van der Waals surface area contributed by atoms with Crippen molar-refractivity contribution in [2.24, 2.45) is 0 Å². The van der Waals surface area contributed by atoms with Gasteiger partial charge in [-0.25, -0.2) is 4.68 Å². The molecule has 90 valence electrons. The topological polar surface area (TPSA) is 17.8 Å². The van der Waals surface area contributed by atoms with Gasteiger partial charge in [0.05, 0.1) is 11.9 Å². The lowest BCUT2D eigenvalue weighted by atomic mass is 10.1. The molecule has 0 atom stereocenters. The van der Waals surface area contributed by atoms with E-state index in [1.165, 1.54) is 22.4 Å². The molecule has 1 heterocycles. The van der Waals surface area contributed by atoms with Crippen molar-refractivity contribution >= 4 is 15.9 Å². The molecule has 0 bridgehead atoms. The van der Waals surface area contributed by atoms with E-state index in [1.807, 2.05) is 6.20 Å². The second-order valence-electron chi connectivity index (χ2n) is 4.36. The number of hydrogen-bond acceptors (Lipinski definition) is 1. The lowest BCUT2D eigenvalue weighted by molar-refractivity contribution is 0.809. The third-order valence-electron chi connectivity index (χ3n) is 2.89. The van der Waals surface area contributed by atoms with Crippen LogP contribution >= 0.6 is 15.9 Å². The minimum atomic E-state index is 0.862. The maximum atomic E-state index is 4.50. The Hall–Kier alpha value is -1.09. The zero-order valence-electron chi connectivity index (χ0n) is 10.5. The highest BCUT2D eigenvalue weighted by Crippen LogP contribution is 2.19. The van der Waals surface area contributed by atoms with Crippen LogP contribution in [0.25, 0.3) is 5.69 Å². The molecular formula is C14H17BrN2. The molecule has 0 amide bonds. The molecule has 0 aliphatic carbocycles. The van der Waals surface area contributed by atoms with Crippen LogP contribution in [0.5, 0.6) is 0 Å². The molecule has 0 aliphatic heterocycles. The zero-order chi connectivity index (χ0) is 12.4. The summed E-state index contributed by atoms with van der Waals surface area (Å²) in [5.74, 6) is 0. The molecular weight excluding hydrogens is 276 g/mol. The maximum Gasteiger partial charge on any atom is 0.0654 e. The second kappa shape index (κ2) is 5.05. The molecule has 0 fully saturated rings. The molecule has 0 N–H and O–H groups in total. The molecule has 0 aliphatic rings. The Kier molecular flexibility index (Phi) is 3.67. The predicted octanol–water partition coefficient (Wildman–Crippen LogP) is 3.95. The third kappa shape index (κ3) is 2.44. The fourth-order valence-electron chi connectivity index (χ4n) is 2.19. The van der Waals surface area contributed by atoms with Crippen molar-refractivity contribution in [3.05, 3.63) is 46.8 Å². The van der Waals surface area contributed by atoms with Crippen LogP contribution in [-0.4, -0.2) is 9.78 Å². The molecule has 1 aromatic heterocycles. The normalized spacial score (nSPS) is 10.8. The summed E-state index contributed by atoms with van der Waals surface area (Å²) in [7, 11) is 0. The predicted molar refractivity (Wildman–Crippen MR) is 75.0 cm³/mol. The quantitative estimate of drug-likeness (QED) is 0.784. The van der Waals surface area contributed by atoms with Gasteiger partial charge in [0.2, 0.25) is 0 Å². The molecule has 0 unspecified atom stereocenters. The summed E-state index contributed by atoms with van der Waals surface area (Å²) in [5.41, 5.74) is 6.26. The van der Waals surface area contributed by atoms with E-state index in [4.69, 9.17) is 0 Å². The smallest absolute Gasteiger partial charge is 0.0654 e. The number of nitrogens with zero attached hydrogens (tertiary/aromatic N) is 2. The van der Waals surface area contributed by atoms with Crippen molar-refractivity contribution in [3.8, 4) is 5.69 Å².